The average molecular weight is 290 g/mol. The number of halogens is 2. The van der Waals surface area contributed by atoms with Crippen molar-refractivity contribution < 1.29 is 0 Å². The van der Waals surface area contributed by atoms with Crippen molar-refractivity contribution in [3.63, 3.8) is 0 Å². The van der Waals surface area contributed by atoms with Gasteiger partial charge in [0.1, 0.15) is 5.82 Å². The molecule has 0 bridgehead atoms. The molecule has 0 spiro atoms. The topological polar surface area (TPSA) is 51.8 Å². The molecule has 1 heterocycles. The number of fused-ring (bicyclic) bond motifs is 1. The van der Waals surface area contributed by atoms with Crippen LogP contribution in [-0.2, 0) is 0 Å². The van der Waals surface area contributed by atoms with Crippen molar-refractivity contribution in [3.8, 4) is 11.4 Å². The second-order valence-corrected chi connectivity index (χ2v) is 4.92. The van der Waals surface area contributed by atoms with Gasteiger partial charge in [-0.2, -0.15) is 0 Å². The summed E-state index contributed by atoms with van der Waals surface area (Å²) in [5, 5.41) is 1.90. The number of para-hydroxylation sites is 1. The molecule has 0 unspecified atom stereocenters. The molecule has 0 fully saturated rings. The van der Waals surface area contributed by atoms with Gasteiger partial charge in [-0.15, -0.1) is 0 Å². The first-order chi connectivity index (χ1) is 9.15. The number of nitrogen functional groups attached to an aromatic ring is 1. The first-order valence-electron chi connectivity index (χ1n) is 5.63. The number of hydrogen-bond acceptors (Lipinski definition) is 3. The van der Waals surface area contributed by atoms with Gasteiger partial charge in [0.15, 0.2) is 5.82 Å². The molecule has 2 aromatic carbocycles. The monoisotopic (exact) mass is 289 g/mol. The number of anilines is 1. The zero-order valence-corrected chi connectivity index (χ0v) is 11.3. The van der Waals surface area contributed by atoms with E-state index in [0.29, 0.717) is 27.3 Å². The largest absolute Gasteiger partial charge is 0.383 e. The molecular weight excluding hydrogens is 281 g/mol. The highest BCUT2D eigenvalue weighted by atomic mass is 35.5. The second kappa shape index (κ2) is 4.68. The summed E-state index contributed by atoms with van der Waals surface area (Å²) in [6.45, 7) is 0. The van der Waals surface area contributed by atoms with Crippen LogP contribution in [0.2, 0.25) is 10.0 Å². The van der Waals surface area contributed by atoms with Gasteiger partial charge in [0.05, 0.1) is 10.5 Å². The van der Waals surface area contributed by atoms with Crippen LogP contribution in [-0.4, -0.2) is 9.97 Å². The molecule has 3 nitrogen and oxygen atoms in total. The normalized spacial score (nSPS) is 10.8. The molecule has 3 aromatic rings. The van der Waals surface area contributed by atoms with Gasteiger partial charge in [-0.25, -0.2) is 9.97 Å². The maximum Gasteiger partial charge on any atom is 0.163 e. The number of rotatable bonds is 1. The third-order valence-corrected chi connectivity index (χ3v) is 3.35. The molecule has 0 aliphatic heterocycles. The average Bonchev–Trinajstić information content (AvgIpc) is 2.38. The highest BCUT2D eigenvalue weighted by Gasteiger charge is 2.10. The van der Waals surface area contributed by atoms with Crippen LogP contribution in [0, 0.1) is 0 Å². The maximum absolute atomic E-state index is 6.16. The van der Waals surface area contributed by atoms with E-state index in [-0.39, 0.29) is 0 Å². The predicted octanol–water partition coefficient (Wildman–Crippen LogP) is 4.19. The van der Waals surface area contributed by atoms with Crippen molar-refractivity contribution in [2.24, 2.45) is 0 Å². The molecule has 0 aliphatic rings. The Morgan fingerprint density at radius 1 is 0.947 bits per heavy atom. The standard InChI is InChI=1S/C14H9Cl2N3/c15-8-5-6-9(11(16)7-8)14-18-12-4-2-1-3-10(12)13(17)19-14/h1-7H,(H2,17,18,19). The van der Waals surface area contributed by atoms with Gasteiger partial charge < -0.3 is 5.73 Å². The van der Waals surface area contributed by atoms with Gasteiger partial charge >= 0.3 is 0 Å². The molecule has 5 heteroatoms. The Hall–Kier alpha value is -1.84. The van der Waals surface area contributed by atoms with Gasteiger partial charge in [0, 0.05) is 16.0 Å². The van der Waals surface area contributed by atoms with E-state index >= 15 is 0 Å². The van der Waals surface area contributed by atoms with Crippen molar-refractivity contribution in [2.45, 2.75) is 0 Å². The fourth-order valence-corrected chi connectivity index (χ4v) is 2.39. The van der Waals surface area contributed by atoms with E-state index in [2.05, 4.69) is 9.97 Å². The highest BCUT2D eigenvalue weighted by molar-refractivity contribution is 6.36. The Bertz CT molecular complexity index is 772. The van der Waals surface area contributed by atoms with Crippen LogP contribution in [0.4, 0.5) is 5.82 Å². The van der Waals surface area contributed by atoms with E-state index in [9.17, 15) is 0 Å². The Balaban J connectivity index is 2.25. The summed E-state index contributed by atoms with van der Waals surface area (Å²) in [5.41, 5.74) is 7.45. The van der Waals surface area contributed by atoms with Crippen molar-refractivity contribution >= 4 is 39.9 Å². The van der Waals surface area contributed by atoms with E-state index in [1.807, 2.05) is 24.3 Å². The van der Waals surface area contributed by atoms with Crippen LogP contribution in [0.25, 0.3) is 22.3 Å². The fraction of sp³-hybridized carbons (Fsp3) is 0. The van der Waals surface area contributed by atoms with Crippen LogP contribution in [0.1, 0.15) is 0 Å². The second-order valence-electron chi connectivity index (χ2n) is 4.07. The van der Waals surface area contributed by atoms with Crippen LogP contribution >= 0.6 is 23.2 Å². The number of nitrogens with two attached hydrogens (primary N) is 1. The first-order valence-corrected chi connectivity index (χ1v) is 6.38. The zero-order chi connectivity index (χ0) is 13.4. The van der Waals surface area contributed by atoms with Crippen molar-refractivity contribution in [1.29, 1.82) is 0 Å². The summed E-state index contributed by atoms with van der Waals surface area (Å²) in [7, 11) is 0. The molecule has 0 aliphatic carbocycles. The number of nitrogens with zero attached hydrogens (tertiary/aromatic N) is 2. The SMILES string of the molecule is Nc1nc(-c2ccc(Cl)cc2Cl)nc2ccccc12. The molecule has 19 heavy (non-hydrogen) atoms. The Kier molecular flexibility index (Phi) is 3.01. The van der Waals surface area contributed by atoms with Crippen LogP contribution < -0.4 is 5.73 Å². The molecule has 3 rings (SSSR count). The lowest BCUT2D eigenvalue weighted by Crippen LogP contribution is -1.98. The van der Waals surface area contributed by atoms with Gasteiger partial charge in [-0.3, -0.25) is 0 Å². The molecule has 0 atom stereocenters. The van der Waals surface area contributed by atoms with Gasteiger partial charge in [-0.1, -0.05) is 35.3 Å². The summed E-state index contributed by atoms with van der Waals surface area (Å²) >= 11 is 12.0. The van der Waals surface area contributed by atoms with E-state index < -0.39 is 0 Å². The summed E-state index contributed by atoms with van der Waals surface area (Å²) < 4.78 is 0. The number of aromatic nitrogens is 2. The first kappa shape index (κ1) is 12.2. The molecule has 2 N–H and O–H groups in total. The quantitative estimate of drug-likeness (QED) is 0.731. The molecule has 0 saturated heterocycles. The third kappa shape index (κ3) is 2.23. The smallest absolute Gasteiger partial charge is 0.163 e. The lowest BCUT2D eigenvalue weighted by atomic mass is 10.2. The van der Waals surface area contributed by atoms with Gasteiger partial charge in [0.2, 0.25) is 0 Å². The van der Waals surface area contributed by atoms with Crippen molar-refractivity contribution in [3.05, 3.63) is 52.5 Å². The fourth-order valence-electron chi connectivity index (χ4n) is 1.89. The molecule has 0 amide bonds. The predicted molar refractivity (Wildman–Crippen MR) is 79.4 cm³/mol. The molecule has 0 radical (unpaired) electrons. The van der Waals surface area contributed by atoms with Crippen molar-refractivity contribution in [2.75, 3.05) is 5.73 Å². The Morgan fingerprint density at radius 2 is 1.74 bits per heavy atom. The highest BCUT2D eigenvalue weighted by Crippen LogP contribution is 2.30. The van der Waals surface area contributed by atoms with Crippen LogP contribution in [0.5, 0.6) is 0 Å². The molecule has 94 valence electrons. The minimum atomic E-state index is 0.437. The van der Waals surface area contributed by atoms with E-state index in [1.165, 1.54) is 0 Å². The minimum absolute atomic E-state index is 0.437. The molecule has 1 aromatic heterocycles. The maximum atomic E-state index is 6.16. The zero-order valence-electron chi connectivity index (χ0n) is 9.77. The van der Waals surface area contributed by atoms with Crippen molar-refractivity contribution in [1.82, 2.24) is 9.97 Å². The van der Waals surface area contributed by atoms with Gasteiger partial charge in [0.25, 0.3) is 0 Å². The summed E-state index contributed by atoms with van der Waals surface area (Å²) in [6, 6.07) is 12.8. The van der Waals surface area contributed by atoms with E-state index in [1.54, 1.807) is 18.2 Å². The number of benzene rings is 2. The third-order valence-electron chi connectivity index (χ3n) is 2.80. The lowest BCUT2D eigenvalue weighted by molar-refractivity contribution is 1.23. The van der Waals surface area contributed by atoms with Crippen LogP contribution in [0.15, 0.2) is 42.5 Å². The minimum Gasteiger partial charge on any atom is -0.383 e. The van der Waals surface area contributed by atoms with E-state index in [0.717, 1.165) is 10.9 Å². The number of hydrogen-bond donors (Lipinski definition) is 1. The summed E-state index contributed by atoms with van der Waals surface area (Å²) in [6.07, 6.45) is 0. The summed E-state index contributed by atoms with van der Waals surface area (Å²) in [4.78, 5) is 8.78. The van der Waals surface area contributed by atoms with Crippen LogP contribution in [0.3, 0.4) is 0 Å². The summed E-state index contributed by atoms with van der Waals surface area (Å²) in [5.74, 6) is 0.935. The Labute approximate surface area is 120 Å². The molecular formula is C14H9Cl2N3. The molecule has 0 saturated carbocycles. The van der Waals surface area contributed by atoms with E-state index in [4.69, 9.17) is 28.9 Å². The Morgan fingerprint density at radius 3 is 2.53 bits per heavy atom. The van der Waals surface area contributed by atoms with Gasteiger partial charge in [-0.05, 0) is 30.3 Å². The lowest BCUT2D eigenvalue weighted by Gasteiger charge is -2.07.